The van der Waals surface area contributed by atoms with E-state index in [2.05, 4.69) is 29.7 Å². The summed E-state index contributed by atoms with van der Waals surface area (Å²) in [4.78, 5) is 10.6. The number of furan rings is 1. The van der Waals surface area contributed by atoms with Crippen LogP contribution in [-0.2, 0) is 11.3 Å². The molecule has 1 saturated heterocycles. The molecular weight excluding hydrogens is 392 g/mol. The largest absolute Gasteiger partial charge is 0.493 e. The maximum Gasteiger partial charge on any atom is 0.303 e. The Hall–Kier alpha value is -2.31. The van der Waals surface area contributed by atoms with Crippen molar-refractivity contribution in [3.05, 3.63) is 54.0 Å². The fourth-order valence-corrected chi connectivity index (χ4v) is 4.29. The molecule has 1 fully saturated rings. The Balaban J connectivity index is 1.39. The summed E-state index contributed by atoms with van der Waals surface area (Å²) in [7, 11) is 0. The summed E-state index contributed by atoms with van der Waals surface area (Å²) >= 11 is 0. The quantitative estimate of drug-likeness (QED) is 0.401. The lowest BCUT2D eigenvalue weighted by Crippen LogP contribution is -2.41. The lowest BCUT2D eigenvalue weighted by Gasteiger charge is -2.31. The van der Waals surface area contributed by atoms with E-state index in [9.17, 15) is 4.79 Å². The highest BCUT2D eigenvalue weighted by Gasteiger charge is 2.25. The molecule has 6 nitrogen and oxygen atoms in total. The van der Waals surface area contributed by atoms with Gasteiger partial charge in [-0.05, 0) is 70.2 Å². The first-order valence-electron chi connectivity index (χ1n) is 11.5. The third-order valence-electron chi connectivity index (χ3n) is 5.98. The zero-order valence-corrected chi connectivity index (χ0v) is 18.5. The molecule has 2 aromatic rings. The number of carbonyl (C=O) groups is 1. The molecular formula is C25H36N2O4. The molecule has 2 heterocycles. The number of piperidine rings is 1. The molecule has 31 heavy (non-hydrogen) atoms. The molecule has 3 rings (SSSR count). The maximum absolute atomic E-state index is 10.6. The van der Waals surface area contributed by atoms with Crippen LogP contribution >= 0.6 is 0 Å². The molecule has 0 radical (unpaired) electrons. The number of para-hydroxylation sites is 1. The molecule has 1 aliphatic heterocycles. The number of benzene rings is 1. The number of unbranched alkanes of at least 4 members (excludes halogenated alkanes) is 2. The zero-order chi connectivity index (χ0) is 21.9. The Morgan fingerprint density at radius 2 is 2.13 bits per heavy atom. The van der Waals surface area contributed by atoms with Crippen molar-refractivity contribution < 1.29 is 19.1 Å². The predicted octanol–water partition coefficient (Wildman–Crippen LogP) is 4.71. The molecule has 1 aliphatic rings. The molecule has 0 bridgehead atoms. The van der Waals surface area contributed by atoms with Gasteiger partial charge in [0.2, 0.25) is 0 Å². The number of nitrogens with one attached hydrogen (secondary N) is 2. The van der Waals surface area contributed by atoms with E-state index in [1.165, 1.54) is 0 Å². The van der Waals surface area contributed by atoms with E-state index < -0.39 is 5.97 Å². The van der Waals surface area contributed by atoms with Gasteiger partial charge in [0.25, 0.3) is 0 Å². The van der Waals surface area contributed by atoms with Crippen LogP contribution in [0.2, 0.25) is 0 Å². The average Bonchev–Trinajstić information content (AvgIpc) is 3.30. The predicted molar refractivity (Wildman–Crippen MR) is 121 cm³/mol. The average molecular weight is 429 g/mol. The van der Waals surface area contributed by atoms with Crippen molar-refractivity contribution >= 4 is 5.97 Å². The van der Waals surface area contributed by atoms with Gasteiger partial charge < -0.3 is 24.9 Å². The summed E-state index contributed by atoms with van der Waals surface area (Å²) in [5.41, 5.74) is 1.16. The maximum atomic E-state index is 10.6. The Kier molecular flexibility index (Phi) is 9.43. The van der Waals surface area contributed by atoms with Gasteiger partial charge in [0, 0.05) is 36.5 Å². The molecule has 1 aromatic carbocycles. The summed E-state index contributed by atoms with van der Waals surface area (Å²) in [6.45, 7) is 4.66. The van der Waals surface area contributed by atoms with Crippen LogP contribution in [0.15, 0.2) is 47.1 Å². The van der Waals surface area contributed by atoms with Gasteiger partial charge in [0.15, 0.2) is 0 Å². The van der Waals surface area contributed by atoms with Crippen molar-refractivity contribution in [2.45, 2.75) is 76.4 Å². The van der Waals surface area contributed by atoms with Crippen molar-refractivity contribution in [3.63, 3.8) is 0 Å². The van der Waals surface area contributed by atoms with Gasteiger partial charge in [-0.15, -0.1) is 0 Å². The Bertz CT molecular complexity index is 778. The highest BCUT2D eigenvalue weighted by molar-refractivity contribution is 5.66. The van der Waals surface area contributed by atoms with Gasteiger partial charge in [0.1, 0.15) is 11.5 Å². The van der Waals surface area contributed by atoms with E-state index in [1.54, 1.807) is 6.26 Å². The topological polar surface area (TPSA) is 83.7 Å². The van der Waals surface area contributed by atoms with Crippen LogP contribution in [0.5, 0.6) is 5.75 Å². The van der Waals surface area contributed by atoms with Crippen LogP contribution in [0.25, 0.3) is 0 Å². The molecule has 0 saturated carbocycles. The van der Waals surface area contributed by atoms with E-state index in [-0.39, 0.29) is 6.42 Å². The van der Waals surface area contributed by atoms with E-state index in [1.807, 2.05) is 24.3 Å². The number of ether oxygens (including phenoxy) is 1. The minimum absolute atomic E-state index is 0.233. The number of carboxylic acid groups (broad SMARTS) is 1. The van der Waals surface area contributed by atoms with Gasteiger partial charge in [-0.3, -0.25) is 4.79 Å². The number of rotatable bonds is 13. The smallest absolute Gasteiger partial charge is 0.303 e. The van der Waals surface area contributed by atoms with Crippen molar-refractivity contribution in [1.82, 2.24) is 10.6 Å². The second kappa shape index (κ2) is 12.5. The van der Waals surface area contributed by atoms with Crippen LogP contribution in [0.4, 0.5) is 0 Å². The molecule has 3 N–H and O–H groups in total. The van der Waals surface area contributed by atoms with Gasteiger partial charge in [-0.2, -0.15) is 0 Å². The normalized spacial score (nSPS) is 19.8. The molecule has 6 heteroatoms. The summed E-state index contributed by atoms with van der Waals surface area (Å²) in [6.07, 6.45) is 7.77. The number of hydrogen-bond donors (Lipinski definition) is 3. The zero-order valence-electron chi connectivity index (χ0n) is 18.5. The van der Waals surface area contributed by atoms with Gasteiger partial charge in [-0.25, -0.2) is 0 Å². The molecule has 170 valence electrons. The molecule has 0 amide bonds. The SMILES string of the molecule is CC(CC1CC(c2ccco2)CCN1)NCc1ccccc1OCCCCCC(=O)O. The monoisotopic (exact) mass is 428 g/mol. The fourth-order valence-electron chi connectivity index (χ4n) is 4.29. The standard InChI is InChI=1S/C25H36N2O4/c1-19(16-22-17-20(12-13-26-22)23-10-7-15-31-23)27-18-21-8-4-5-9-24(21)30-14-6-2-3-11-25(28)29/h4-5,7-10,15,19-20,22,26-27H,2-3,6,11-14,16-18H2,1H3,(H,28,29). The summed E-state index contributed by atoms with van der Waals surface area (Å²) < 4.78 is 11.6. The number of carboxylic acids is 1. The van der Waals surface area contributed by atoms with Gasteiger partial charge in [-0.1, -0.05) is 18.2 Å². The van der Waals surface area contributed by atoms with Crippen LogP contribution in [-0.4, -0.2) is 36.3 Å². The minimum Gasteiger partial charge on any atom is -0.493 e. The minimum atomic E-state index is -0.730. The Morgan fingerprint density at radius 1 is 1.26 bits per heavy atom. The van der Waals surface area contributed by atoms with Crippen LogP contribution < -0.4 is 15.4 Å². The molecule has 3 unspecified atom stereocenters. The molecule has 1 aromatic heterocycles. The molecule has 0 aliphatic carbocycles. The first-order valence-corrected chi connectivity index (χ1v) is 11.5. The van der Waals surface area contributed by atoms with E-state index in [0.29, 0.717) is 31.0 Å². The number of hydrogen-bond acceptors (Lipinski definition) is 5. The summed E-state index contributed by atoms with van der Waals surface area (Å²) in [5, 5.41) is 16.0. The Morgan fingerprint density at radius 3 is 2.94 bits per heavy atom. The van der Waals surface area contributed by atoms with Crippen LogP contribution in [0, 0.1) is 0 Å². The van der Waals surface area contributed by atoms with Crippen molar-refractivity contribution in [3.8, 4) is 5.75 Å². The third kappa shape index (κ3) is 8.04. The molecule has 0 spiro atoms. The highest BCUT2D eigenvalue weighted by atomic mass is 16.5. The molecule has 3 atom stereocenters. The van der Waals surface area contributed by atoms with Crippen molar-refractivity contribution in [2.75, 3.05) is 13.2 Å². The fraction of sp³-hybridized carbons (Fsp3) is 0.560. The third-order valence-corrected chi connectivity index (χ3v) is 5.98. The van der Waals surface area contributed by atoms with E-state index >= 15 is 0 Å². The summed E-state index contributed by atoms with van der Waals surface area (Å²) in [6, 6.07) is 13.1. The van der Waals surface area contributed by atoms with Gasteiger partial charge in [0.05, 0.1) is 12.9 Å². The van der Waals surface area contributed by atoms with Crippen LogP contribution in [0.1, 0.15) is 69.1 Å². The summed E-state index contributed by atoms with van der Waals surface area (Å²) in [5.74, 6) is 1.81. The second-order valence-electron chi connectivity index (χ2n) is 8.57. The highest BCUT2D eigenvalue weighted by Crippen LogP contribution is 2.29. The van der Waals surface area contributed by atoms with Gasteiger partial charge >= 0.3 is 5.97 Å². The second-order valence-corrected chi connectivity index (χ2v) is 8.57. The first kappa shape index (κ1) is 23.4. The van der Waals surface area contributed by atoms with E-state index in [0.717, 1.165) is 62.3 Å². The van der Waals surface area contributed by atoms with Crippen molar-refractivity contribution in [1.29, 1.82) is 0 Å². The lowest BCUT2D eigenvalue weighted by atomic mass is 9.88. The Labute approximate surface area is 185 Å². The van der Waals surface area contributed by atoms with E-state index in [4.69, 9.17) is 14.3 Å². The first-order chi connectivity index (χ1) is 15.1. The van der Waals surface area contributed by atoms with Crippen LogP contribution in [0.3, 0.4) is 0 Å². The number of aliphatic carboxylic acids is 1. The lowest BCUT2D eigenvalue weighted by molar-refractivity contribution is -0.137. The van der Waals surface area contributed by atoms with Crippen molar-refractivity contribution in [2.24, 2.45) is 0 Å².